The molecule has 0 aliphatic carbocycles. The summed E-state index contributed by atoms with van der Waals surface area (Å²) in [6.45, 7) is 1.23. The molecule has 0 spiro atoms. The zero-order valence-electron chi connectivity index (χ0n) is 12.4. The minimum absolute atomic E-state index is 0.116. The summed E-state index contributed by atoms with van der Waals surface area (Å²) in [6.07, 6.45) is -3.66. The minimum atomic E-state index is -4.50. The number of aromatic nitrogens is 3. The molecule has 0 saturated carbocycles. The van der Waals surface area contributed by atoms with Crippen LogP contribution in [0.3, 0.4) is 0 Å². The number of ether oxygens (including phenoxy) is 1. The topological polar surface area (TPSA) is 70.8 Å². The highest BCUT2D eigenvalue weighted by Crippen LogP contribution is 2.46. The van der Waals surface area contributed by atoms with Crippen LogP contribution in [0.4, 0.5) is 13.2 Å². The fraction of sp³-hybridized carbons (Fsp3) is 0.333. The first-order valence-corrected chi connectivity index (χ1v) is 8.07. The van der Waals surface area contributed by atoms with Gasteiger partial charge in [-0.3, -0.25) is 9.89 Å². The van der Waals surface area contributed by atoms with Gasteiger partial charge in [-0.1, -0.05) is 0 Å². The van der Waals surface area contributed by atoms with Crippen LogP contribution in [-0.4, -0.2) is 28.0 Å². The molecule has 9 heteroatoms. The third kappa shape index (κ3) is 2.19. The van der Waals surface area contributed by atoms with Crippen LogP contribution in [0.1, 0.15) is 34.5 Å². The van der Waals surface area contributed by atoms with Gasteiger partial charge in [0.15, 0.2) is 0 Å². The molecule has 4 rings (SSSR count). The molecular formula is C15H12F3N3O2S. The van der Waals surface area contributed by atoms with E-state index in [9.17, 15) is 18.0 Å². The zero-order valence-corrected chi connectivity index (χ0v) is 13.2. The molecule has 1 aliphatic heterocycles. The van der Waals surface area contributed by atoms with Gasteiger partial charge in [-0.2, -0.15) is 18.3 Å². The largest absolute Gasteiger partial charge is 0.399 e. The molecule has 0 aromatic carbocycles. The first-order chi connectivity index (χ1) is 11.4. The molecule has 0 amide bonds. The lowest BCUT2D eigenvalue weighted by Gasteiger charge is -2.33. The number of nitrogens with zero attached hydrogens (tertiary/aromatic N) is 1. The van der Waals surface area contributed by atoms with Crippen LogP contribution < -0.4 is 5.56 Å². The summed E-state index contributed by atoms with van der Waals surface area (Å²) in [4.78, 5) is 14.6. The number of alkyl halides is 3. The molecule has 0 fully saturated rings. The summed E-state index contributed by atoms with van der Waals surface area (Å²) in [5.74, 6) is -1.85. The number of thiophene rings is 1. The number of aryl methyl sites for hydroxylation is 1. The second-order valence-corrected chi connectivity index (χ2v) is 6.62. The van der Waals surface area contributed by atoms with Gasteiger partial charge >= 0.3 is 6.18 Å². The lowest BCUT2D eigenvalue weighted by atomic mass is 9.89. The lowest BCUT2D eigenvalue weighted by molar-refractivity contribution is -0.171. The highest BCUT2D eigenvalue weighted by atomic mass is 32.1. The molecule has 5 nitrogen and oxygen atoms in total. The number of hydrogen-bond donors (Lipinski definition) is 2. The van der Waals surface area contributed by atoms with E-state index in [0.29, 0.717) is 26.9 Å². The first kappa shape index (κ1) is 15.4. The van der Waals surface area contributed by atoms with Crippen molar-refractivity contribution >= 4 is 21.4 Å². The summed E-state index contributed by atoms with van der Waals surface area (Å²) >= 11 is 1.19. The maximum atomic E-state index is 13.4. The summed E-state index contributed by atoms with van der Waals surface area (Å²) in [5.41, 5.74) is 1.12. The molecule has 3 aromatic rings. The number of fused-ring (bicyclic) bond motifs is 3. The molecule has 0 bridgehead atoms. The maximum Gasteiger partial charge on any atom is 0.399 e. The van der Waals surface area contributed by atoms with E-state index in [4.69, 9.17) is 4.74 Å². The third-order valence-electron chi connectivity index (χ3n) is 4.29. The van der Waals surface area contributed by atoms with Crippen LogP contribution in [0, 0.1) is 6.92 Å². The van der Waals surface area contributed by atoms with Crippen LogP contribution in [-0.2, 0) is 4.74 Å². The van der Waals surface area contributed by atoms with Crippen molar-refractivity contribution in [2.24, 2.45) is 0 Å². The predicted octanol–water partition coefficient (Wildman–Crippen LogP) is 3.39. The Bertz CT molecular complexity index is 972. The molecule has 4 heterocycles. The second-order valence-electron chi connectivity index (χ2n) is 5.70. The van der Waals surface area contributed by atoms with Crippen molar-refractivity contribution in [3.05, 3.63) is 50.5 Å². The van der Waals surface area contributed by atoms with E-state index in [0.717, 1.165) is 0 Å². The fourth-order valence-corrected chi connectivity index (χ4v) is 3.94. The Kier molecular flexibility index (Phi) is 3.33. The van der Waals surface area contributed by atoms with Gasteiger partial charge in [-0.05, 0) is 18.4 Å². The Balaban J connectivity index is 2.03. The molecule has 3 aromatic heterocycles. The van der Waals surface area contributed by atoms with Gasteiger partial charge < -0.3 is 9.72 Å². The van der Waals surface area contributed by atoms with Gasteiger partial charge in [0, 0.05) is 27.9 Å². The average Bonchev–Trinajstić information content (AvgIpc) is 3.14. The van der Waals surface area contributed by atoms with Crippen molar-refractivity contribution in [1.82, 2.24) is 15.2 Å². The van der Waals surface area contributed by atoms with Crippen LogP contribution in [0.2, 0.25) is 0 Å². The normalized spacial score (nSPS) is 21.2. The number of halogens is 3. The first-order valence-electron chi connectivity index (χ1n) is 7.19. The molecule has 2 atom stereocenters. The molecule has 24 heavy (non-hydrogen) atoms. The van der Waals surface area contributed by atoms with Crippen LogP contribution in [0.15, 0.2) is 22.4 Å². The molecular weight excluding hydrogens is 343 g/mol. The molecule has 2 N–H and O–H groups in total. The number of rotatable bonds is 1. The van der Waals surface area contributed by atoms with E-state index in [2.05, 4.69) is 15.2 Å². The average molecular weight is 355 g/mol. The van der Waals surface area contributed by atoms with Crippen molar-refractivity contribution in [2.45, 2.75) is 25.1 Å². The molecule has 2 unspecified atom stereocenters. The predicted molar refractivity (Wildman–Crippen MR) is 82.4 cm³/mol. The quantitative estimate of drug-likeness (QED) is 0.703. The van der Waals surface area contributed by atoms with E-state index in [1.165, 1.54) is 11.3 Å². The van der Waals surface area contributed by atoms with Crippen LogP contribution >= 0.6 is 11.3 Å². The smallest absolute Gasteiger partial charge is 0.368 e. The SMILES string of the molecule is Cc1[nH]ncc1C1OCC(C(F)(F)F)c2[nH]c(=O)c3sccc3c21. The van der Waals surface area contributed by atoms with Crippen molar-refractivity contribution in [1.29, 1.82) is 0 Å². The van der Waals surface area contributed by atoms with Gasteiger partial charge in [0.25, 0.3) is 5.56 Å². The van der Waals surface area contributed by atoms with Crippen molar-refractivity contribution in [3.8, 4) is 0 Å². The minimum Gasteiger partial charge on any atom is -0.368 e. The Morgan fingerprint density at radius 3 is 2.88 bits per heavy atom. The summed E-state index contributed by atoms with van der Waals surface area (Å²) in [7, 11) is 0. The summed E-state index contributed by atoms with van der Waals surface area (Å²) in [5, 5.41) is 8.89. The van der Waals surface area contributed by atoms with E-state index in [-0.39, 0.29) is 5.69 Å². The number of nitrogens with one attached hydrogen (secondary N) is 2. The van der Waals surface area contributed by atoms with Gasteiger partial charge in [0.05, 0.1) is 17.5 Å². The van der Waals surface area contributed by atoms with E-state index < -0.39 is 30.4 Å². The number of aromatic amines is 2. The third-order valence-corrected chi connectivity index (χ3v) is 5.20. The molecule has 126 valence electrons. The van der Waals surface area contributed by atoms with Gasteiger partial charge in [0.2, 0.25) is 0 Å². The van der Waals surface area contributed by atoms with Crippen LogP contribution in [0.5, 0.6) is 0 Å². The summed E-state index contributed by atoms with van der Waals surface area (Å²) < 4.78 is 46.2. The Hall–Kier alpha value is -2.13. The van der Waals surface area contributed by atoms with E-state index >= 15 is 0 Å². The number of hydrogen-bond acceptors (Lipinski definition) is 4. The fourth-order valence-electron chi connectivity index (χ4n) is 3.13. The molecule has 0 saturated heterocycles. The van der Waals surface area contributed by atoms with E-state index in [1.807, 2.05) is 0 Å². The van der Waals surface area contributed by atoms with Gasteiger partial charge in [0.1, 0.15) is 12.0 Å². The number of pyridine rings is 1. The second kappa shape index (κ2) is 5.18. The Morgan fingerprint density at radius 2 is 2.21 bits per heavy atom. The molecule has 1 aliphatic rings. The van der Waals surface area contributed by atoms with E-state index in [1.54, 1.807) is 24.6 Å². The lowest BCUT2D eigenvalue weighted by Crippen LogP contribution is -2.34. The monoisotopic (exact) mass is 355 g/mol. The Labute approximate surface area is 137 Å². The van der Waals surface area contributed by atoms with Crippen molar-refractivity contribution in [3.63, 3.8) is 0 Å². The summed E-state index contributed by atoms with van der Waals surface area (Å²) in [6, 6.07) is 1.67. The standard InChI is InChI=1S/C15H12F3N3O2S/c1-6-8(4-19-21-6)12-10-7-2-3-24-13(7)14(22)20-11(10)9(5-23-12)15(16,17)18/h2-4,9,12H,5H2,1H3,(H,19,21)(H,20,22). The van der Waals surface area contributed by atoms with Gasteiger partial charge in [-0.15, -0.1) is 11.3 Å². The zero-order chi connectivity index (χ0) is 17.1. The Morgan fingerprint density at radius 1 is 1.42 bits per heavy atom. The highest BCUT2D eigenvalue weighted by Gasteiger charge is 2.47. The van der Waals surface area contributed by atoms with Crippen molar-refractivity contribution < 1.29 is 17.9 Å². The number of H-pyrrole nitrogens is 2. The van der Waals surface area contributed by atoms with Crippen molar-refractivity contribution in [2.75, 3.05) is 6.61 Å². The molecule has 0 radical (unpaired) electrons. The maximum absolute atomic E-state index is 13.4. The van der Waals surface area contributed by atoms with Crippen LogP contribution in [0.25, 0.3) is 10.1 Å². The van der Waals surface area contributed by atoms with Gasteiger partial charge in [-0.25, -0.2) is 0 Å². The highest BCUT2D eigenvalue weighted by molar-refractivity contribution is 7.17.